The first kappa shape index (κ1) is 14.7. The standard InChI is InChI=1S/C10H12F3N5OS/c1-5(2)3-6(19)14-4-7-17-18-8(10(11,12)13)15-16-9(18)20-7/h5H,3-4H2,1-2H3,(H,14,19). The van der Waals surface area contributed by atoms with Crippen LogP contribution in [0, 0.1) is 5.92 Å². The number of alkyl halides is 3. The van der Waals surface area contributed by atoms with E-state index in [1.165, 1.54) is 0 Å². The molecule has 0 saturated heterocycles. The second-order valence-electron chi connectivity index (χ2n) is 4.59. The van der Waals surface area contributed by atoms with Crippen molar-refractivity contribution < 1.29 is 18.0 Å². The van der Waals surface area contributed by atoms with Crippen LogP contribution >= 0.6 is 11.3 Å². The van der Waals surface area contributed by atoms with Crippen LogP contribution in [-0.2, 0) is 17.5 Å². The van der Waals surface area contributed by atoms with E-state index < -0.39 is 12.0 Å². The number of carbonyl (C=O) groups is 1. The summed E-state index contributed by atoms with van der Waals surface area (Å²) in [7, 11) is 0. The van der Waals surface area contributed by atoms with Crippen LogP contribution in [0.3, 0.4) is 0 Å². The summed E-state index contributed by atoms with van der Waals surface area (Å²) in [5.74, 6) is -1.12. The molecule has 6 nitrogen and oxygen atoms in total. The largest absolute Gasteiger partial charge is 0.453 e. The highest BCUT2D eigenvalue weighted by molar-refractivity contribution is 7.16. The third-order valence-electron chi connectivity index (χ3n) is 2.32. The molecule has 10 heteroatoms. The minimum atomic E-state index is -4.61. The highest BCUT2D eigenvalue weighted by Gasteiger charge is 2.38. The third kappa shape index (κ3) is 3.24. The highest BCUT2D eigenvalue weighted by Crippen LogP contribution is 2.28. The summed E-state index contributed by atoms with van der Waals surface area (Å²) in [6.45, 7) is 3.88. The molecule has 2 aromatic rings. The summed E-state index contributed by atoms with van der Waals surface area (Å²) in [5, 5.41) is 13.2. The van der Waals surface area contributed by atoms with Crippen LogP contribution in [-0.4, -0.2) is 25.7 Å². The average Bonchev–Trinajstić information content (AvgIpc) is 2.82. The first-order chi connectivity index (χ1) is 9.27. The number of hydrogen-bond acceptors (Lipinski definition) is 5. The van der Waals surface area contributed by atoms with Gasteiger partial charge in [-0.15, -0.1) is 10.2 Å². The molecule has 1 N–H and O–H groups in total. The molecule has 0 aliphatic rings. The van der Waals surface area contributed by atoms with Gasteiger partial charge >= 0.3 is 6.18 Å². The molecule has 0 aliphatic heterocycles. The van der Waals surface area contributed by atoms with Crippen molar-refractivity contribution in [3.05, 3.63) is 10.8 Å². The maximum Gasteiger partial charge on any atom is 0.453 e. The molecule has 20 heavy (non-hydrogen) atoms. The lowest BCUT2D eigenvalue weighted by atomic mass is 10.1. The second-order valence-corrected chi connectivity index (χ2v) is 5.63. The fourth-order valence-corrected chi connectivity index (χ4v) is 2.29. The molecule has 0 aromatic carbocycles. The van der Waals surface area contributed by atoms with Crippen molar-refractivity contribution in [2.45, 2.75) is 33.0 Å². The number of nitrogens with zero attached hydrogens (tertiary/aromatic N) is 4. The average molecular weight is 307 g/mol. The number of aromatic nitrogens is 4. The van der Waals surface area contributed by atoms with Gasteiger partial charge < -0.3 is 5.32 Å². The molecule has 2 aromatic heterocycles. The first-order valence-electron chi connectivity index (χ1n) is 5.82. The Morgan fingerprint density at radius 3 is 2.70 bits per heavy atom. The molecule has 0 bridgehead atoms. The van der Waals surface area contributed by atoms with E-state index in [-0.39, 0.29) is 23.3 Å². The van der Waals surface area contributed by atoms with Gasteiger partial charge in [0.05, 0.1) is 6.54 Å². The van der Waals surface area contributed by atoms with Crippen molar-refractivity contribution in [1.82, 2.24) is 25.1 Å². The summed E-state index contributed by atoms with van der Waals surface area (Å²) in [6.07, 6.45) is -4.25. The lowest BCUT2D eigenvalue weighted by Gasteiger charge is -2.04. The van der Waals surface area contributed by atoms with Crippen molar-refractivity contribution in [1.29, 1.82) is 0 Å². The van der Waals surface area contributed by atoms with E-state index in [1.54, 1.807) is 0 Å². The Morgan fingerprint density at radius 2 is 2.10 bits per heavy atom. The molecule has 0 unspecified atom stereocenters. The number of rotatable bonds is 4. The Kier molecular flexibility index (Phi) is 3.93. The van der Waals surface area contributed by atoms with Crippen LogP contribution < -0.4 is 5.32 Å². The molecular weight excluding hydrogens is 295 g/mol. The van der Waals surface area contributed by atoms with Crippen molar-refractivity contribution >= 4 is 22.2 Å². The number of fused-ring (bicyclic) bond motifs is 1. The Hall–Kier alpha value is -1.71. The summed E-state index contributed by atoms with van der Waals surface area (Å²) < 4.78 is 38.4. The molecular formula is C10H12F3N5OS. The van der Waals surface area contributed by atoms with E-state index in [2.05, 4.69) is 20.6 Å². The predicted molar refractivity (Wildman–Crippen MR) is 65.0 cm³/mol. The van der Waals surface area contributed by atoms with Gasteiger partial charge in [-0.3, -0.25) is 4.79 Å². The first-order valence-corrected chi connectivity index (χ1v) is 6.64. The Bertz CT molecular complexity index is 618. The number of amides is 1. The van der Waals surface area contributed by atoms with Crippen LogP contribution in [0.1, 0.15) is 31.1 Å². The van der Waals surface area contributed by atoms with Crippen molar-refractivity contribution in [3.8, 4) is 0 Å². The number of carbonyl (C=O) groups excluding carboxylic acids is 1. The van der Waals surface area contributed by atoms with Crippen LogP contribution in [0.15, 0.2) is 0 Å². The van der Waals surface area contributed by atoms with Gasteiger partial charge in [0.15, 0.2) is 0 Å². The molecule has 0 aliphatic carbocycles. The molecule has 2 heterocycles. The molecule has 0 radical (unpaired) electrons. The SMILES string of the molecule is CC(C)CC(=O)NCc1nn2c(C(F)(F)F)nnc2s1. The zero-order chi connectivity index (χ0) is 14.9. The van der Waals surface area contributed by atoms with Crippen LogP contribution in [0.2, 0.25) is 0 Å². The van der Waals surface area contributed by atoms with Gasteiger partial charge in [0.1, 0.15) is 5.01 Å². The second kappa shape index (κ2) is 5.35. The quantitative estimate of drug-likeness (QED) is 0.936. The van der Waals surface area contributed by atoms with Gasteiger partial charge in [-0.1, -0.05) is 25.2 Å². The number of halogens is 3. The van der Waals surface area contributed by atoms with E-state index in [4.69, 9.17) is 0 Å². The minimum Gasteiger partial charge on any atom is -0.350 e. The molecule has 0 spiro atoms. The zero-order valence-corrected chi connectivity index (χ0v) is 11.5. The molecule has 1 amide bonds. The highest BCUT2D eigenvalue weighted by atomic mass is 32.1. The van der Waals surface area contributed by atoms with Crippen LogP contribution in [0.25, 0.3) is 4.96 Å². The van der Waals surface area contributed by atoms with Gasteiger partial charge in [-0.25, -0.2) is 0 Å². The van der Waals surface area contributed by atoms with Crippen molar-refractivity contribution in [3.63, 3.8) is 0 Å². The maximum atomic E-state index is 12.6. The van der Waals surface area contributed by atoms with Gasteiger partial charge in [0, 0.05) is 6.42 Å². The van der Waals surface area contributed by atoms with E-state index in [9.17, 15) is 18.0 Å². The van der Waals surface area contributed by atoms with E-state index in [1.807, 2.05) is 13.8 Å². The molecule has 2 rings (SSSR count). The number of nitrogens with one attached hydrogen (secondary N) is 1. The Morgan fingerprint density at radius 1 is 1.40 bits per heavy atom. The van der Waals surface area contributed by atoms with Gasteiger partial charge in [-0.2, -0.15) is 22.8 Å². The summed E-state index contributed by atoms with van der Waals surface area (Å²) in [6, 6.07) is 0. The van der Waals surface area contributed by atoms with E-state index in [0.717, 1.165) is 11.3 Å². The summed E-state index contributed by atoms with van der Waals surface area (Å²) in [4.78, 5) is 11.5. The molecule has 0 fully saturated rings. The van der Waals surface area contributed by atoms with Crippen LogP contribution in [0.4, 0.5) is 13.2 Å². The van der Waals surface area contributed by atoms with Gasteiger partial charge in [0.2, 0.25) is 10.9 Å². The topological polar surface area (TPSA) is 72.2 Å². The predicted octanol–water partition coefficient (Wildman–Crippen LogP) is 1.87. The normalized spacial score (nSPS) is 12.3. The molecule has 0 saturated carbocycles. The Labute approximate surface area is 116 Å². The van der Waals surface area contributed by atoms with E-state index >= 15 is 0 Å². The molecule has 0 atom stereocenters. The maximum absolute atomic E-state index is 12.6. The minimum absolute atomic E-state index is 0.0467. The molecule has 110 valence electrons. The monoisotopic (exact) mass is 307 g/mol. The Balaban J connectivity index is 2.09. The third-order valence-corrected chi connectivity index (χ3v) is 3.22. The summed E-state index contributed by atoms with van der Waals surface area (Å²) >= 11 is 0.959. The fraction of sp³-hybridized carbons (Fsp3) is 0.600. The van der Waals surface area contributed by atoms with Gasteiger partial charge in [-0.05, 0) is 5.92 Å². The van der Waals surface area contributed by atoms with E-state index in [0.29, 0.717) is 15.9 Å². The lowest BCUT2D eigenvalue weighted by molar-refractivity contribution is -0.146. The van der Waals surface area contributed by atoms with Crippen LogP contribution in [0.5, 0.6) is 0 Å². The van der Waals surface area contributed by atoms with Crippen molar-refractivity contribution in [2.24, 2.45) is 5.92 Å². The fourth-order valence-electron chi connectivity index (χ4n) is 1.52. The lowest BCUT2D eigenvalue weighted by Crippen LogP contribution is -2.24. The van der Waals surface area contributed by atoms with Gasteiger partial charge in [0.25, 0.3) is 5.82 Å². The smallest absolute Gasteiger partial charge is 0.350 e. The summed E-state index contributed by atoms with van der Waals surface area (Å²) in [5.41, 5.74) is 0. The number of hydrogen-bond donors (Lipinski definition) is 1. The van der Waals surface area contributed by atoms with Crippen molar-refractivity contribution in [2.75, 3.05) is 0 Å². The zero-order valence-electron chi connectivity index (χ0n) is 10.7.